The lowest BCUT2D eigenvalue weighted by atomic mass is 10.0. The van der Waals surface area contributed by atoms with Crippen LogP contribution in [0.4, 0.5) is 4.39 Å². The molecule has 0 bridgehead atoms. The van der Waals surface area contributed by atoms with Crippen LogP contribution in [-0.4, -0.2) is 24.0 Å². The number of H-pyrrole nitrogens is 1. The molecule has 0 saturated carbocycles. The average Bonchev–Trinajstić information content (AvgIpc) is 3.10. The molecular formula is C22H20ClFN2O2. The van der Waals surface area contributed by atoms with Crippen LogP contribution >= 0.6 is 11.6 Å². The quantitative estimate of drug-likeness (QED) is 0.647. The van der Waals surface area contributed by atoms with E-state index in [4.69, 9.17) is 21.1 Å². The van der Waals surface area contributed by atoms with Crippen LogP contribution in [0.3, 0.4) is 0 Å². The molecule has 1 aliphatic heterocycles. The summed E-state index contributed by atoms with van der Waals surface area (Å²) in [6.45, 7) is 0.888. The first-order valence-electron chi connectivity index (χ1n) is 9.04. The number of benzene rings is 2. The van der Waals surface area contributed by atoms with Crippen LogP contribution in [0.15, 0.2) is 53.7 Å². The molecule has 4 nitrogen and oxygen atoms in total. The monoisotopic (exact) mass is 398 g/mol. The first-order valence-corrected chi connectivity index (χ1v) is 9.47. The third-order valence-electron chi connectivity index (χ3n) is 4.71. The highest BCUT2D eigenvalue weighted by atomic mass is 35.5. The highest BCUT2D eigenvalue weighted by molar-refractivity contribution is 6.24. The van der Waals surface area contributed by atoms with Crippen molar-refractivity contribution in [1.29, 1.82) is 0 Å². The molecule has 0 aliphatic carbocycles. The van der Waals surface area contributed by atoms with Gasteiger partial charge in [0.05, 0.1) is 19.0 Å². The molecule has 0 spiro atoms. The second-order valence-corrected chi connectivity index (χ2v) is 7.21. The van der Waals surface area contributed by atoms with Crippen LogP contribution in [-0.2, 0) is 13.0 Å². The molecule has 0 saturated heterocycles. The summed E-state index contributed by atoms with van der Waals surface area (Å²) in [5.41, 5.74) is 3.27. The smallest absolute Gasteiger partial charge is 0.164 e. The van der Waals surface area contributed by atoms with Crippen molar-refractivity contribution in [3.05, 3.63) is 81.9 Å². The van der Waals surface area contributed by atoms with Gasteiger partial charge in [-0.1, -0.05) is 36.4 Å². The van der Waals surface area contributed by atoms with Gasteiger partial charge in [0.15, 0.2) is 11.5 Å². The SMILES string of the molecule is COc1cc(Cc2c[nH]c3c2=CC(Cl)CN=3)c(F)cc1OCc1ccccc1. The van der Waals surface area contributed by atoms with Crippen molar-refractivity contribution in [2.75, 3.05) is 13.7 Å². The first-order chi connectivity index (χ1) is 13.6. The third kappa shape index (κ3) is 3.90. The van der Waals surface area contributed by atoms with E-state index in [1.54, 1.807) is 13.2 Å². The number of nitrogens with zero attached hydrogens (tertiary/aromatic N) is 1. The van der Waals surface area contributed by atoms with E-state index in [-0.39, 0.29) is 11.2 Å². The fourth-order valence-corrected chi connectivity index (χ4v) is 3.46. The minimum Gasteiger partial charge on any atom is -0.493 e. The van der Waals surface area contributed by atoms with Gasteiger partial charge >= 0.3 is 0 Å². The third-order valence-corrected chi connectivity index (χ3v) is 4.97. The van der Waals surface area contributed by atoms with E-state index in [9.17, 15) is 4.39 Å². The maximum Gasteiger partial charge on any atom is 0.164 e. The summed E-state index contributed by atoms with van der Waals surface area (Å²) in [5.74, 6) is 0.542. The van der Waals surface area contributed by atoms with Crippen LogP contribution in [0.1, 0.15) is 16.7 Å². The molecule has 144 valence electrons. The van der Waals surface area contributed by atoms with Crippen molar-refractivity contribution in [2.45, 2.75) is 18.4 Å². The molecule has 0 amide bonds. The lowest BCUT2D eigenvalue weighted by Gasteiger charge is -2.13. The number of rotatable bonds is 6. The first kappa shape index (κ1) is 18.6. The van der Waals surface area contributed by atoms with Gasteiger partial charge in [-0.2, -0.15) is 0 Å². The Morgan fingerprint density at radius 2 is 2.00 bits per heavy atom. The molecule has 0 radical (unpaired) electrons. The Morgan fingerprint density at radius 3 is 2.79 bits per heavy atom. The molecular weight excluding hydrogens is 379 g/mol. The predicted molar refractivity (Wildman–Crippen MR) is 107 cm³/mol. The molecule has 1 aromatic heterocycles. The Labute approximate surface area is 167 Å². The van der Waals surface area contributed by atoms with Crippen LogP contribution < -0.4 is 20.2 Å². The minimum atomic E-state index is -0.339. The van der Waals surface area contributed by atoms with Gasteiger partial charge in [-0.05, 0) is 22.8 Å². The maximum absolute atomic E-state index is 14.8. The molecule has 1 N–H and O–H groups in total. The second-order valence-electron chi connectivity index (χ2n) is 6.65. The molecule has 4 rings (SSSR count). The predicted octanol–water partition coefficient (Wildman–Crippen LogP) is 3.35. The van der Waals surface area contributed by atoms with Gasteiger partial charge in [-0.25, -0.2) is 4.39 Å². The highest BCUT2D eigenvalue weighted by Gasteiger charge is 2.15. The Kier molecular flexibility index (Phi) is 5.35. The maximum atomic E-state index is 14.8. The van der Waals surface area contributed by atoms with Gasteiger partial charge in [0.2, 0.25) is 0 Å². The van der Waals surface area contributed by atoms with Crippen molar-refractivity contribution in [2.24, 2.45) is 4.99 Å². The van der Waals surface area contributed by atoms with Crippen LogP contribution in [0, 0.1) is 5.82 Å². The van der Waals surface area contributed by atoms with Crippen LogP contribution in [0.5, 0.6) is 11.5 Å². The van der Waals surface area contributed by atoms with Crippen molar-refractivity contribution in [3.8, 4) is 11.5 Å². The summed E-state index contributed by atoms with van der Waals surface area (Å²) in [6.07, 6.45) is 4.22. The normalized spacial score (nSPS) is 15.3. The molecule has 3 aromatic rings. The van der Waals surface area contributed by atoms with Crippen LogP contribution in [0.2, 0.25) is 0 Å². The largest absolute Gasteiger partial charge is 0.493 e. The summed E-state index contributed by atoms with van der Waals surface area (Å²) >= 11 is 6.19. The number of aromatic amines is 1. The summed E-state index contributed by atoms with van der Waals surface area (Å²) in [4.78, 5) is 7.53. The number of fused-ring (bicyclic) bond motifs is 1. The van der Waals surface area contributed by atoms with E-state index < -0.39 is 0 Å². The standard InChI is InChI=1S/C22H20ClFN2O2/c1-27-20-8-15(7-16-11-25-22-18(16)9-17(23)12-26-22)19(24)10-21(20)28-13-14-5-3-2-4-6-14/h2-6,8-11,17H,7,12-13H2,1H3,(H,25,26). The number of hydrogen-bond acceptors (Lipinski definition) is 3. The van der Waals surface area contributed by atoms with Gasteiger partial charge in [0.25, 0.3) is 0 Å². The van der Waals surface area contributed by atoms with Crippen molar-refractivity contribution in [3.63, 3.8) is 0 Å². The minimum absolute atomic E-state index is 0.143. The zero-order valence-corrected chi connectivity index (χ0v) is 16.2. The Bertz CT molecular complexity index is 1100. The fraction of sp³-hybridized carbons (Fsp3) is 0.227. The molecule has 28 heavy (non-hydrogen) atoms. The molecule has 0 fully saturated rings. The van der Waals surface area contributed by atoms with Gasteiger partial charge in [0, 0.05) is 23.9 Å². The molecule has 1 aliphatic rings. The van der Waals surface area contributed by atoms with Gasteiger partial charge < -0.3 is 14.5 Å². The zero-order chi connectivity index (χ0) is 19.5. The summed E-state index contributed by atoms with van der Waals surface area (Å²) in [6, 6.07) is 12.8. The van der Waals surface area contributed by atoms with E-state index in [0.29, 0.717) is 36.6 Å². The van der Waals surface area contributed by atoms with Crippen molar-refractivity contribution < 1.29 is 13.9 Å². The lowest BCUT2D eigenvalue weighted by molar-refractivity contribution is 0.282. The number of hydrogen-bond donors (Lipinski definition) is 1. The molecule has 2 heterocycles. The van der Waals surface area contributed by atoms with E-state index >= 15 is 0 Å². The Morgan fingerprint density at radius 1 is 1.18 bits per heavy atom. The zero-order valence-electron chi connectivity index (χ0n) is 15.4. The van der Waals surface area contributed by atoms with E-state index in [1.165, 1.54) is 6.07 Å². The van der Waals surface area contributed by atoms with Crippen molar-refractivity contribution in [1.82, 2.24) is 4.98 Å². The average molecular weight is 399 g/mol. The summed E-state index contributed by atoms with van der Waals surface area (Å²) in [7, 11) is 1.55. The van der Waals surface area contributed by atoms with Crippen molar-refractivity contribution >= 4 is 17.7 Å². The van der Waals surface area contributed by atoms with E-state index in [1.807, 2.05) is 42.6 Å². The molecule has 1 atom stereocenters. The summed E-state index contributed by atoms with van der Waals surface area (Å²) in [5, 5.41) is 0.796. The molecule has 2 aromatic carbocycles. The Hall–Kier alpha value is -2.79. The van der Waals surface area contributed by atoms with Gasteiger partial charge in [-0.15, -0.1) is 11.6 Å². The second kappa shape index (κ2) is 8.07. The Balaban J connectivity index is 1.59. The van der Waals surface area contributed by atoms with Gasteiger partial charge in [0.1, 0.15) is 17.9 Å². The molecule has 6 heteroatoms. The highest BCUT2D eigenvalue weighted by Crippen LogP contribution is 2.31. The number of aromatic nitrogens is 1. The fourth-order valence-electron chi connectivity index (χ4n) is 3.26. The number of alkyl halides is 1. The van der Waals surface area contributed by atoms with E-state index in [0.717, 1.165) is 21.8 Å². The molecule has 1 unspecified atom stereocenters. The van der Waals surface area contributed by atoms with E-state index in [2.05, 4.69) is 9.98 Å². The number of halogens is 2. The lowest BCUT2D eigenvalue weighted by Crippen LogP contribution is -2.32. The topological polar surface area (TPSA) is 46.6 Å². The van der Waals surface area contributed by atoms with Gasteiger partial charge in [-0.3, -0.25) is 4.99 Å². The number of ether oxygens (including phenoxy) is 2. The summed E-state index contributed by atoms with van der Waals surface area (Å²) < 4.78 is 26.0. The van der Waals surface area contributed by atoms with Crippen LogP contribution in [0.25, 0.3) is 6.08 Å². The number of nitrogens with one attached hydrogen (secondary N) is 1. The number of methoxy groups -OCH3 is 1.